The van der Waals surface area contributed by atoms with Crippen molar-refractivity contribution in [1.82, 2.24) is 5.32 Å². The lowest BCUT2D eigenvalue weighted by Gasteiger charge is -2.13. The number of aliphatic carboxylic acids is 1. The van der Waals surface area contributed by atoms with Crippen molar-refractivity contribution in [3.8, 4) is 23.0 Å². The lowest BCUT2D eigenvalue weighted by atomic mass is 10.1. The number of fused-ring (bicyclic) bond motifs is 1. The fourth-order valence-corrected chi connectivity index (χ4v) is 3.62. The molecule has 1 atom stereocenters. The van der Waals surface area contributed by atoms with Gasteiger partial charge in [-0.2, -0.15) is 11.8 Å². The second-order valence-electron chi connectivity index (χ2n) is 6.91. The summed E-state index contributed by atoms with van der Waals surface area (Å²) in [5.74, 6) is 0.105. The van der Waals surface area contributed by atoms with Gasteiger partial charge in [0.2, 0.25) is 5.78 Å². The molecular formula is C23H23NO8S. The lowest BCUT2D eigenvalue weighted by molar-refractivity contribution is -0.141. The molecule has 0 aliphatic carbocycles. The van der Waals surface area contributed by atoms with Gasteiger partial charge < -0.3 is 29.4 Å². The summed E-state index contributed by atoms with van der Waals surface area (Å²) in [7, 11) is 3.06. The van der Waals surface area contributed by atoms with Crippen molar-refractivity contribution >= 4 is 35.5 Å². The monoisotopic (exact) mass is 473 g/mol. The number of hydrogen-bond donors (Lipinski definition) is 2. The Morgan fingerprint density at radius 3 is 2.58 bits per heavy atom. The second-order valence-corrected chi connectivity index (χ2v) is 7.82. The molecule has 0 aromatic heterocycles. The molecule has 174 valence electrons. The first-order valence-electron chi connectivity index (χ1n) is 9.80. The molecule has 2 aromatic carbocycles. The fourth-order valence-electron chi connectivity index (χ4n) is 3.06. The number of amides is 1. The van der Waals surface area contributed by atoms with Gasteiger partial charge in [-0.25, -0.2) is 4.79 Å². The Kier molecular flexibility index (Phi) is 7.83. The van der Waals surface area contributed by atoms with Crippen LogP contribution in [-0.2, 0) is 9.59 Å². The maximum Gasteiger partial charge on any atom is 0.327 e. The minimum Gasteiger partial charge on any atom is -0.497 e. The molecule has 33 heavy (non-hydrogen) atoms. The van der Waals surface area contributed by atoms with Crippen molar-refractivity contribution in [1.29, 1.82) is 0 Å². The zero-order chi connectivity index (χ0) is 24.0. The summed E-state index contributed by atoms with van der Waals surface area (Å²) in [5.41, 5.74) is 0.997. The van der Waals surface area contributed by atoms with E-state index in [1.165, 1.54) is 24.9 Å². The van der Waals surface area contributed by atoms with Gasteiger partial charge >= 0.3 is 5.97 Å². The first-order chi connectivity index (χ1) is 15.9. The number of nitrogens with one attached hydrogen (secondary N) is 1. The van der Waals surface area contributed by atoms with Crippen LogP contribution in [0.1, 0.15) is 15.9 Å². The van der Waals surface area contributed by atoms with Gasteiger partial charge in [-0.3, -0.25) is 9.59 Å². The van der Waals surface area contributed by atoms with E-state index in [0.717, 1.165) is 0 Å². The van der Waals surface area contributed by atoms with Gasteiger partial charge in [0.1, 0.15) is 29.0 Å². The normalized spacial score (nSPS) is 14.3. The second kappa shape index (κ2) is 10.8. The van der Waals surface area contributed by atoms with E-state index in [-0.39, 0.29) is 23.9 Å². The third kappa shape index (κ3) is 5.78. The van der Waals surface area contributed by atoms with Gasteiger partial charge in [-0.1, -0.05) is 0 Å². The maximum absolute atomic E-state index is 12.7. The molecule has 3 rings (SSSR count). The highest BCUT2D eigenvalue weighted by Crippen LogP contribution is 2.36. The number of allylic oxidation sites excluding steroid dienone is 1. The zero-order valence-electron chi connectivity index (χ0n) is 18.2. The minimum absolute atomic E-state index is 0.115. The highest BCUT2D eigenvalue weighted by molar-refractivity contribution is 7.98. The van der Waals surface area contributed by atoms with E-state index in [1.807, 2.05) is 0 Å². The van der Waals surface area contributed by atoms with Gasteiger partial charge in [-0.05, 0) is 36.6 Å². The van der Waals surface area contributed by atoms with Crippen LogP contribution in [0.3, 0.4) is 0 Å². The lowest BCUT2D eigenvalue weighted by Crippen LogP contribution is -2.44. The topological polar surface area (TPSA) is 120 Å². The summed E-state index contributed by atoms with van der Waals surface area (Å²) >= 11 is 1.31. The molecule has 2 N–H and O–H groups in total. The van der Waals surface area contributed by atoms with Gasteiger partial charge in [0, 0.05) is 23.4 Å². The van der Waals surface area contributed by atoms with Crippen molar-refractivity contribution in [2.24, 2.45) is 0 Å². The number of rotatable bonds is 10. The van der Waals surface area contributed by atoms with Gasteiger partial charge in [-0.15, -0.1) is 0 Å². The Balaban J connectivity index is 1.69. The number of ether oxygens (including phenoxy) is 4. The number of ketones is 1. The highest BCUT2D eigenvalue weighted by atomic mass is 32.2. The Morgan fingerprint density at radius 1 is 1.15 bits per heavy atom. The van der Waals surface area contributed by atoms with E-state index in [9.17, 15) is 14.4 Å². The number of thioether (sulfide) groups is 1. The number of benzene rings is 2. The van der Waals surface area contributed by atoms with Crippen LogP contribution in [0.2, 0.25) is 0 Å². The van der Waals surface area contributed by atoms with Gasteiger partial charge in [0.25, 0.3) is 5.91 Å². The van der Waals surface area contributed by atoms with Crippen LogP contribution in [0.4, 0.5) is 0 Å². The van der Waals surface area contributed by atoms with E-state index in [0.29, 0.717) is 34.1 Å². The average Bonchev–Trinajstić information content (AvgIpc) is 3.12. The third-order valence-electron chi connectivity index (χ3n) is 4.71. The molecule has 0 bridgehead atoms. The Hall–Kier alpha value is -3.66. The zero-order valence-corrected chi connectivity index (χ0v) is 19.1. The molecule has 0 saturated heterocycles. The number of carboxylic acids is 1. The van der Waals surface area contributed by atoms with E-state index in [4.69, 9.17) is 24.1 Å². The number of Topliss-reactive ketones (excluding diaryl/α,β-unsaturated/α-hetero) is 1. The van der Waals surface area contributed by atoms with Crippen LogP contribution in [0.25, 0.3) is 6.08 Å². The van der Waals surface area contributed by atoms with Crippen LogP contribution >= 0.6 is 11.8 Å². The smallest absolute Gasteiger partial charge is 0.327 e. The van der Waals surface area contributed by atoms with E-state index < -0.39 is 17.9 Å². The first-order valence-corrected chi connectivity index (χ1v) is 11.2. The average molecular weight is 474 g/mol. The molecule has 0 spiro atoms. The largest absolute Gasteiger partial charge is 0.497 e. The summed E-state index contributed by atoms with van der Waals surface area (Å²) in [6.07, 6.45) is 3.32. The van der Waals surface area contributed by atoms with Crippen LogP contribution < -0.4 is 24.3 Å². The van der Waals surface area contributed by atoms with Crippen molar-refractivity contribution in [2.75, 3.05) is 32.8 Å². The number of hydrogen-bond acceptors (Lipinski definition) is 8. The van der Waals surface area contributed by atoms with E-state index in [1.54, 1.807) is 49.8 Å². The molecule has 1 unspecified atom stereocenters. The van der Waals surface area contributed by atoms with Gasteiger partial charge in [0.15, 0.2) is 12.4 Å². The molecule has 0 radical (unpaired) electrons. The predicted octanol–water partition coefficient (Wildman–Crippen LogP) is 2.63. The summed E-state index contributed by atoms with van der Waals surface area (Å²) in [6, 6.07) is 8.78. The number of carbonyl (C=O) groups excluding carboxylic acids is 2. The van der Waals surface area contributed by atoms with Crippen LogP contribution in [-0.4, -0.2) is 61.6 Å². The molecule has 1 aliphatic heterocycles. The number of methoxy groups -OCH3 is 2. The van der Waals surface area contributed by atoms with Gasteiger partial charge in [0.05, 0.1) is 19.8 Å². The van der Waals surface area contributed by atoms with E-state index >= 15 is 0 Å². The molecule has 10 heteroatoms. The molecule has 1 aliphatic rings. The first kappa shape index (κ1) is 24.0. The molecule has 9 nitrogen and oxygen atoms in total. The Bertz CT molecular complexity index is 1100. The predicted molar refractivity (Wildman–Crippen MR) is 122 cm³/mol. The summed E-state index contributed by atoms with van der Waals surface area (Å²) in [6.45, 7) is -0.378. The molecule has 0 fully saturated rings. The summed E-state index contributed by atoms with van der Waals surface area (Å²) in [5, 5.41) is 11.5. The maximum atomic E-state index is 12.7. The van der Waals surface area contributed by atoms with Crippen molar-refractivity contribution < 1.29 is 38.4 Å². The molecule has 1 heterocycles. The van der Waals surface area contributed by atoms with E-state index in [2.05, 4.69) is 5.32 Å². The van der Waals surface area contributed by atoms with Crippen LogP contribution in [0, 0.1) is 0 Å². The summed E-state index contributed by atoms with van der Waals surface area (Å²) in [4.78, 5) is 35.9. The summed E-state index contributed by atoms with van der Waals surface area (Å²) < 4.78 is 21.7. The Morgan fingerprint density at radius 2 is 1.91 bits per heavy atom. The van der Waals surface area contributed by atoms with Crippen LogP contribution in [0.15, 0.2) is 42.2 Å². The molecule has 1 amide bonds. The third-order valence-corrected chi connectivity index (χ3v) is 5.37. The van der Waals surface area contributed by atoms with Crippen molar-refractivity contribution in [3.05, 3.63) is 53.3 Å². The molecular weight excluding hydrogens is 450 g/mol. The standard InChI is InChI=1S/C23H23NO8S/c1-29-14-5-4-13(18(9-14)30-2)8-20-22(26)16-7-6-15(10-19(16)32-20)31-11-21(25)24-17(12-33-3)23(27)28/h4-10,17H,11-12H2,1-3H3,(H,24,25)(H,27,28). The van der Waals surface area contributed by atoms with Crippen molar-refractivity contribution in [3.63, 3.8) is 0 Å². The minimum atomic E-state index is -1.12. The van der Waals surface area contributed by atoms with Crippen molar-refractivity contribution in [2.45, 2.75) is 6.04 Å². The molecule has 0 saturated carbocycles. The SMILES string of the molecule is COc1ccc(C=C2Oc3cc(OCC(=O)NC(CSC)C(=O)O)ccc3C2=O)c(OC)c1. The number of carboxylic acid groups (broad SMARTS) is 1. The van der Waals surface area contributed by atoms with Crippen LogP contribution in [0.5, 0.6) is 23.0 Å². The number of carbonyl (C=O) groups is 3. The molecule has 2 aromatic rings. The highest BCUT2D eigenvalue weighted by Gasteiger charge is 2.28. The fraction of sp³-hybridized carbons (Fsp3) is 0.261. The quantitative estimate of drug-likeness (QED) is 0.502. The Labute approximate surface area is 194 Å².